The number of rotatable bonds is 6. The summed E-state index contributed by atoms with van der Waals surface area (Å²) in [5.41, 5.74) is 8.62. The number of aromatic nitrogens is 1. The minimum Gasteiger partial charge on any atom is -0.369 e. The summed E-state index contributed by atoms with van der Waals surface area (Å²) >= 11 is 1.55. The molecule has 1 fully saturated rings. The molecule has 5 rings (SSSR count). The van der Waals surface area contributed by atoms with E-state index in [1.54, 1.807) is 11.3 Å². The third-order valence-corrected chi connectivity index (χ3v) is 7.92. The average molecular weight is 485 g/mol. The number of thiazole rings is 1. The van der Waals surface area contributed by atoms with E-state index in [4.69, 9.17) is 4.98 Å². The minimum atomic E-state index is 0.00300. The topological polar surface area (TPSA) is 48.5 Å². The molecule has 3 aromatic carbocycles. The second kappa shape index (κ2) is 10.2. The van der Waals surface area contributed by atoms with Crippen LogP contribution in [0.1, 0.15) is 23.6 Å². The van der Waals surface area contributed by atoms with Gasteiger partial charge in [0.1, 0.15) is 0 Å². The molecule has 1 aromatic heterocycles. The molecule has 0 unspecified atom stereocenters. The van der Waals surface area contributed by atoms with Gasteiger partial charge in [0.2, 0.25) is 5.91 Å². The van der Waals surface area contributed by atoms with E-state index in [0.29, 0.717) is 11.7 Å². The van der Waals surface area contributed by atoms with E-state index in [0.717, 1.165) is 42.8 Å². The molecule has 2 heterocycles. The Hall–Kier alpha value is -3.22. The van der Waals surface area contributed by atoms with Gasteiger partial charge >= 0.3 is 0 Å². The zero-order valence-electron chi connectivity index (χ0n) is 20.7. The van der Waals surface area contributed by atoms with Crippen molar-refractivity contribution in [3.05, 3.63) is 77.4 Å². The van der Waals surface area contributed by atoms with Crippen molar-refractivity contribution in [2.24, 2.45) is 0 Å². The van der Waals surface area contributed by atoms with Crippen molar-refractivity contribution >= 4 is 38.3 Å². The van der Waals surface area contributed by atoms with Crippen LogP contribution in [0.4, 0.5) is 10.8 Å². The highest BCUT2D eigenvalue weighted by Crippen LogP contribution is 2.33. The number of nitrogens with zero attached hydrogens (tertiary/aromatic N) is 3. The smallest absolute Gasteiger partial charge is 0.240 e. The number of hydrogen-bond acceptors (Lipinski definition) is 5. The monoisotopic (exact) mass is 484 g/mol. The van der Waals surface area contributed by atoms with Gasteiger partial charge in [-0.05, 0) is 66.3 Å². The van der Waals surface area contributed by atoms with E-state index in [9.17, 15) is 4.79 Å². The van der Waals surface area contributed by atoms with Crippen molar-refractivity contribution in [1.82, 2.24) is 9.88 Å². The van der Waals surface area contributed by atoms with Crippen LogP contribution in [-0.2, 0) is 11.2 Å². The fraction of sp³-hybridized carbons (Fsp3) is 0.310. The number of nitrogens with one attached hydrogen (secondary N) is 1. The second-order valence-corrected chi connectivity index (χ2v) is 10.3. The van der Waals surface area contributed by atoms with Crippen LogP contribution in [0.5, 0.6) is 0 Å². The molecule has 0 radical (unpaired) electrons. The number of hydrogen-bond donors (Lipinski definition) is 1. The molecule has 0 spiro atoms. The maximum absolute atomic E-state index is 12.8. The van der Waals surface area contributed by atoms with Gasteiger partial charge < -0.3 is 10.2 Å². The summed E-state index contributed by atoms with van der Waals surface area (Å²) < 4.78 is 1.11. The van der Waals surface area contributed by atoms with Crippen molar-refractivity contribution in [1.29, 1.82) is 0 Å². The summed E-state index contributed by atoms with van der Waals surface area (Å²) in [7, 11) is 0. The summed E-state index contributed by atoms with van der Waals surface area (Å²) in [5, 5.41) is 3.72. The first-order valence-electron chi connectivity index (χ1n) is 12.3. The SMILES string of the molecule is CCc1cc2sc(NC(=O)CN3CCN(c4cccc(C)c4C)CC3)nc2cc1-c1ccccc1. The lowest BCUT2D eigenvalue weighted by molar-refractivity contribution is -0.117. The van der Waals surface area contributed by atoms with Crippen LogP contribution in [0.2, 0.25) is 0 Å². The van der Waals surface area contributed by atoms with Gasteiger partial charge in [0.05, 0.1) is 16.8 Å². The molecule has 1 N–H and O–H groups in total. The molecule has 0 atom stereocenters. The number of piperazine rings is 1. The number of amides is 1. The summed E-state index contributed by atoms with van der Waals surface area (Å²) in [6.07, 6.45) is 0.952. The molecule has 0 bridgehead atoms. The number of carbonyl (C=O) groups is 1. The Morgan fingerprint density at radius 1 is 1.00 bits per heavy atom. The first-order chi connectivity index (χ1) is 17.0. The molecule has 6 heteroatoms. The van der Waals surface area contributed by atoms with Crippen molar-refractivity contribution in [2.75, 3.05) is 42.9 Å². The Morgan fingerprint density at radius 3 is 2.51 bits per heavy atom. The van der Waals surface area contributed by atoms with Crippen LogP contribution in [0.15, 0.2) is 60.7 Å². The zero-order chi connectivity index (χ0) is 24.4. The number of benzene rings is 3. The molecule has 35 heavy (non-hydrogen) atoms. The third-order valence-electron chi connectivity index (χ3n) is 6.98. The molecular formula is C29H32N4OS. The average Bonchev–Trinajstić information content (AvgIpc) is 3.27. The van der Waals surface area contributed by atoms with Gasteiger partial charge in [-0.3, -0.25) is 9.69 Å². The summed E-state index contributed by atoms with van der Waals surface area (Å²) in [6.45, 7) is 10.5. The van der Waals surface area contributed by atoms with E-state index in [1.165, 1.54) is 33.5 Å². The van der Waals surface area contributed by atoms with Crippen LogP contribution in [0, 0.1) is 13.8 Å². The number of anilines is 2. The zero-order valence-corrected chi connectivity index (χ0v) is 21.5. The molecule has 1 saturated heterocycles. The van der Waals surface area contributed by atoms with Crippen LogP contribution >= 0.6 is 11.3 Å². The van der Waals surface area contributed by atoms with Gasteiger partial charge in [-0.1, -0.05) is 60.7 Å². The molecule has 4 aromatic rings. The van der Waals surface area contributed by atoms with Crippen molar-refractivity contribution in [2.45, 2.75) is 27.2 Å². The Labute approximate surface area is 211 Å². The van der Waals surface area contributed by atoms with Crippen LogP contribution in [-0.4, -0.2) is 48.5 Å². The first kappa shape index (κ1) is 23.5. The predicted molar refractivity (Wildman–Crippen MR) is 148 cm³/mol. The Morgan fingerprint density at radius 2 is 1.77 bits per heavy atom. The molecule has 1 amide bonds. The van der Waals surface area contributed by atoms with Gasteiger partial charge in [-0.25, -0.2) is 4.98 Å². The number of aryl methyl sites for hydroxylation is 2. The number of carbonyl (C=O) groups excluding carboxylic acids is 1. The highest BCUT2D eigenvalue weighted by atomic mass is 32.1. The van der Waals surface area contributed by atoms with E-state index < -0.39 is 0 Å². The fourth-order valence-corrected chi connectivity index (χ4v) is 5.76. The van der Waals surface area contributed by atoms with Crippen molar-refractivity contribution in [3.63, 3.8) is 0 Å². The van der Waals surface area contributed by atoms with Gasteiger partial charge in [0.15, 0.2) is 5.13 Å². The van der Waals surface area contributed by atoms with Crippen molar-refractivity contribution in [3.8, 4) is 11.1 Å². The van der Waals surface area contributed by atoms with Gasteiger partial charge in [0, 0.05) is 31.9 Å². The standard InChI is InChI=1S/C29H32N4OS/c1-4-22-17-27-25(18-24(22)23-10-6-5-7-11-23)30-29(35-27)31-28(34)19-32-13-15-33(16-14-32)26-12-8-9-20(2)21(26)3/h5-12,17-18H,4,13-16,19H2,1-3H3,(H,30,31,34). The lowest BCUT2D eigenvalue weighted by Gasteiger charge is -2.36. The largest absolute Gasteiger partial charge is 0.369 e. The second-order valence-electron chi connectivity index (χ2n) is 9.25. The first-order valence-corrected chi connectivity index (χ1v) is 13.2. The highest BCUT2D eigenvalue weighted by Gasteiger charge is 2.21. The minimum absolute atomic E-state index is 0.00300. The van der Waals surface area contributed by atoms with Gasteiger partial charge in [0.25, 0.3) is 0 Å². The van der Waals surface area contributed by atoms with Crippen LogP contribution in [0.3, 0.4) is 0 Å². The lowest BCUT2D eigenvalue weighted by atomic mass is 9.98. The molecule has 5 nitrogen and oxygen atoms in total. The Bertz CT molecular complexity index is 1340. The molecule has 0 saturated carbocycles. The fourth-order valence-electron chi connectivity index (χ4n) is 4.84. The van der Waals surface area contributed by atoms with E-state index in [-0.39, 0.29) is 5.91 Å². The van der Waals surface area contributed by atoms with E-state index in [1.807, 2.05) is 6.07 Å². The van der Waals surface area contributed by atoms with Crippen LogP contribution in [0.25, 0.3) is 21.3 Å². The normalized spacial score (nSPS) is 14.4. The van der Waals surface area contributed by atoms with E-state index in [2.05, 4.69) is 90.5 Å². The van der Waals surface area contributed by atoms with Gasteiger partial charge in [-0.2, -0.15) is 0 Å². The summed E-state index contributed by atoms with van der Waals surface area (Å²) in [5.74, 6) is 0.00300. The molecule has 1 aliphatic rings. The quantitative estimate of drug-likeness (QED) is 0.370. The maximum Gasteiger partial charge on any atom is 0.240 e. The third kappa shape index (κ3) is 5.09. The summed E-state index contributed by atoms with van der Waals surface area (Å²) in [4.78, 5) is 22.2. The van der Waals surface area contributed by atoms with Crippen LogP contribution < -0.4 is 10.2 Å². The van der Waals surface area contributed by atoms with Crippen molar-refractivity contribution < 1.29 is 4.79 Å². The Balaban J connectivity index is 1.23. The Kier molecular flexibility index (Phi) is 6.84. The lowest BCUT2D eigenvalue weighted by Crippen LogP contribution is -2.48. The summed E-state index contributed by atoms with van der Waals surface area (Å²) in [6, 6.07) is 21.3. The molecule has 1 aliphatic heterocycles. The molecular weight excluding hydrogens is 452 g/mol. The predicted octanol–water partition coefficient (Wildman–Crippen LogP) is 5.90. The molecule has 180 valence electrons. The number of fused-ring (bicyclic) bond motifs is 1. The highest BCUT2D eigenvalue weighted by molar-refractivity contribution is 7.22. The maximum atomic E-state index is 12.8. The van der Waals surface area contributed by atoms with Gasteiger partial charge in [-0.15, -0.1) is 0 Å². The molecule has 0 aliphatic carbocycles. The van der Waals surface area contributed by atoms with E-state index >= 15 is 0 Å².